The van der Waals surface area contributed by atoms with Crippen molar-refractivity contribution in [1.82, 2.24) is 9.88 Å². The Kier molecular flexibility index (Phi) is 3.84. The number of nitrogens with zero attached hydrogens (tertiary/aromatic N) is 2. The fourth-order valence-electron chi connectivity index (χ4n) is 3.84. The third-order valence-electron chi connectivity index (χ3n) is 5.81. The normalized spacial score (nSPS) is 23.0. The van der Waals surface area contributed by atoms with E-state index in [1.807, 2.05) is 17.0 Å². The highest BCUT2D eigenvalue weighted by molar-refractivity contribution is 6.06. The number of carbonyl (C=O) groups excluding carboxylic acids is 1. The van der Waals surface area contributed by atoms with Gasteiger partial charge in [0.05, 0.1) is 11.1 Å². The minimum absolute atomic E-state index is 0.0496. The number of likely N-dealkylation sites (tertiary alicyclic amines) is 1. The lowest BCUT2D eigenvalue weighted by molar-refractivity contribution is 0.0534. The maximum absolute atomic E-state index is 13.4. The molecule has 1 aromatic heterocycles. The van der Waals surface area contributed by atoms with Crippen LogP contribution in [0, 0.1) is 12.3 Å². The van der Waals surface area contributed by atoms with Gasteiger partial charge in [-0.3, -0.25) is 9.78 Å². The molecule has 1 saturated carbocycles. The number of carbonyl (C=O) groups is 1. The molecule has 2 aromatic rings. The van der Waals surface area contributed by atoms with Gasteiger partial charge >= 0.3 is 0 Å². The van der Waals surface area contributed by atoms with E-state index >= 15 is 0 Å². The molecule has 1 unspecified atom stereocenters. The van der Waals surface area contributed by atoms with E-state index in [0.29, 0.717) is 12.5 Å². The SMILES string of the molecule is Cc1ccc2nc(C3CC3)cc(C(=O)N3CCC(N)C(C)(C)C3)c2c1. The molecule has 4 rings (SSSR count). The zero-order valence-electron chi connectivity index (χ0n) is 15.4. The van der Waals surface area contributed by atoms with E-state index in [9.17, 15) is 4.79 Å². The topological polar surface area (TPSA) is 59.2 Å². The van der Waals surface area contributed by atoms with Crippen molar-refractivity contribution in [3.05, 3.63) is 41.1 Å². The largest absolute Gasteiger partial charge is 0.338 e. The first-order valence-electron chi connectivity index (χ1n) is 9.31. The second kappa shape index (κ2) is 5.80. The molecule has 0 radical (unpaired) electrons. The lowest BCUT2D eigenvalue weighted by Gasteiger charge is -2.42. The third kappa shape index (κ3) is 3.04. The molecule has 2 aliphatic rings. The Labute approximate surface area is 149 Å². The molecule has 1 aromatic carbocycles. The zero-order chi connectivity index (χ0) is 17.8. The van der Waals surface area contributed by atoms with Gasteiger partial charge in [-0.15, -0.1) is 0 Å². The number of aromatic nitrogens is 1. The predicted molar refractivity (Wildman–Crippen MR) is 101 cm³/mol. The van der Waals surface area contributed by atoms with E-state index in [0.717, 1.165) is 40.7 Å². The van der Waals surface area contributed by atoms with Gasteiger partial charge in [0.15, 0.2) is 0 Å². The Hall–Kier alpha value is -1.94. The van der Waals surface area contributed by atoms with Gasteiger partial charge in [-0.05, 0) is 49.8 Å². The minimum atomic E-state index is -0.0496. The van der Waals surface area contributed by atoms with Crippen molar-refractivity contribution >= 4 is 16.8 Å². The van der Waals surface area contributed by atoms with E-state index in [-0.39, 0.29) is 17.4 Å². The summed E-state index contributed by atoms with van der Waals surface area (Å²) in [6.45, 7) is 7.81. The summed E-state index contributed by atoms with van der Waals surface area (Å²) in [4.78, 5) is 20.2. The van der Waals surface area contributed by atoms with Crippen LogP contribution in [0.3, 0.4) is 0 Å². The second-order valence-electron chi connectivity index (χ2n) is 8.50. The average molecular weight is 337 g/mol. The zero-order valence-corrected chi connectivity index (χ0v) is 15.4. The summed E-state index contributed by atoms with van der Waals surface area (Å²) < 4.78 is 0. The molecule has 2 N–H and O–H groups in total. The number of piperidine rings is 1. The van der Waals surface area contributed by atoms with E-state index in [4.69, 9.17) is 10.7 Å². The Morgan fingerprint density at radius 1 is 1.24 bits per heavy atom. The number of pyridine rings is 1. The van der Waals surface area contributed by atoms with Crippen LogP contribution in [-0.2, 0) is 0 Å². The molecule has 25 heavy (non-hydrogen) atoms. The molecule has 0 spiro atoms. The smallest absolute Gasteiger partial charge is 0.254 e. The number of fused-ring (bicyclic) bond motifs is 1. The number of nitrogens with two attached hydrogens (primary N) is 1. The van der Waals surface area contributed by atoms with Crippen LogP contribution in [0.5, 0.6) is 0 Å². The average Bonchev–Trinajstić information content (AvgIpc) is 3.40. The van der Waals surface area contributed by atoms with Crippen molar-refractivity contribution < 1.29 is 4.79 Å². The molecule has 1 aliphatic carbocycles. The number of rotatable bonds is 2. The molecule has 1 aliphatic heterocycles. The quantitative estimate of drug-likeness (QED) is 0.910. The third-order valence-corrected chi connectivity index (χ3v) is 5.81. The van der Waals surface area contributed by atoms with Crippen LogP contribution >= 0.6 is 0 Å². The number of aryl methyl sites for hydroxylation is 1. The first kappa shape index (κ1) is 16.5. The molecule has 2 fully saturated rings. The standard InChI is InChI=1S/C21H27N3O/c1-13-4-7-17-15(10-13)16(11-18(23-17)14-5-6-14)20(25)24-9-8-19(22)21(2,3)12-24/h4,7,10-11,14,19H,5-6,8-9,12,22H2,1-3H3. The van der Waals surface area contributed by atoms with Crippen LogP contribution in [0.1, 0.15) is 60.6 Å². The van der Waals surface area contributed by atoms with Gasteiger partial charge in [0, 0.05) is 36.1 Å². The van der Waals surface area contributed by atoms with Gasteiger partial charge in [0.25, 0.3) is 5.91 Å². The summed E-state index contributed by atoms with van der Waals surface area (Å²) in [5.74, 6) is 0.656. The molecule has 2 heterocycles. The predicted octanol–water partition coefficient (Wildman–Crippen LogP) is 3.62. The van der Waals surface area contributed by atoms with Gasteiger partial charge in [-0.25, -0.2) is 0 Å². The molecule has 1 atom stereocenters. The summed E-state index contributed by atoms with van der Waals surface area (Å²) in [7, 11) is 0. The van der Waals surface area contributed by atoms with Crippen molar-refractivity contribution in [1.29, 1.82) is 0 Å². The molecule has 0 bridgehead atoms. The van der Waals surface area contributed by atoms with E-state index in [1.54, 1.807) is 0 Å². The van der Waals surface area contributed by atoms with Gasteiger partial charge in [0.1, 0.15) is 0 Å². The van der Waals surface area contributed by atoms with Crippen molar-refractivity contribution in [2.75, 3.05) is 13.1 Å². The van der Waals surface area contributed by atoms with Gasteiger partial charge < -0.3 is 10.6 Å². The van der Waals surface area contributed by atoms with Crippen LogP contribution in [0.25, 0.3) is 10.9 Å². The Morgan fingerprint density at radius 3 is 2.68 bits per heavy atom. The number of hydrogen-bond acceptors (Lipinski definition) is 3. The molecule has 1 amide bonds. The molecule has 4 heteroatoms. The van der Waals surface area contributed by atoms with Crippen molar-refractivity contribution in [2.45, 2.75) is 52.0 Å². The lowest BCUT2D eigenvalue weighted by atomic mass is 9.79. The fourth-order valence-corrected chi connectivity index (χ4v) is 3.84. The van der Waals surface area contributed by atoms with Gasteiger partial charge in [0.2, 0.25) is 0 Å². The number of benzene rings is 1. The highest BCUT2D eigenvalue weighted by Crippen LogP contribution is 2.40. The lowest BCUT2D eigenvalue weighted by Crippen LogP contribution is -2.54. The van der Waals surface area contributed by atoms with E-state index < -0.39 is 0 Å². The monoisotopic (exact) mass is 337 g/mol. The summed E-state index contributed by atoms with van der Waals surface area (Å²) in [5, 5.41) is 0.974. The van der Waals surface area contributed by atoms with E-state index in [1.165, 1.54) is 12.8 Å². The molecule has 4 nitrogen and oxygen atoms in total. The van der Waals surface area contributed by atoms with Gasteiger partial charge in [-0.2, -0.15) is 0 Å². The van der Waals surface area contributed by atoms with Crippen molar-refractivity contribution in [3.8, 4) is 0 Å². The van der Waals surface area contributed by atoms with E-state index in [2.05, 4.69) is 32.9 Å². The highest BCUT2D eigenvalue weighted by Gasteiger charge is 2.36. The molecule has 1 saturated heterocycles. The highest BCUT2D eigenvalue weighted by atomic mass is 16.2. The van der Waals surface area contributed by atoms with Crippen molar-refractivity contribution in [2.24, 2.45) is 11.1 Å². The van der Waals surface area contributed by atoms with Crippen LogP contribution in [0.15, 0.2) is 24.3 Å². The van der Waals surface area contributed by atoms with Crippen LogP contribution in [-0.4, -0.2) is 34.9 Å². The molecular weight excluding hydrogens is 310 g/mol. The Morgan fingerprint density at radius 2 is 2.00 bits per heavy atom. The summed E-state index contributed by atoms with van der Waals surface area (Å²) >= 11 is 0. The van der Waals surface area contributed by atoms with Crippen LogP contribution in [0.2, 0.25) is 0 Å². The Balaban J connectivity index is 1.76. The molecular formula is C21H27N3O. The maximum Gasteiger partial charge on any atom is 0.254 e. The summed E-state index contributed by atoms with van der Waals surface area (Å²) in [6, 6.07) is 8.40. The Bertz CT molecular complexity index is 838. The number of amides is 1. The summed E-state index contributed by atoms with van der Waals surface area (Å²) in [5.41, 5.74) is 10.2. The maximum atomic E-state index is 13.4. The van der Waals surface area contributed by atoms with Gasteiger partial charge in [-0.1, -0.05) is 25.5 Å². The minimum Gasteiger partial charge on any atom is -0.338 e. The van der Waals surface area contributed by atoms with Crippen molar-refractivity contribution in [3.63, 3.8) is 0 Å². The second-order valence-corrected chi connectivity index (χ2v) is 8.50. The molecule has 132 valence electrons. The fraction of sp³-hybridized carbons (Fsp3) is 0.524. The first-order valence-corrected chi connectivity index (χ1v) is 9.31. The van der Waals surface area contributed by atoms with Crippen LogP contribution < -0.4 is 5.73 Å². The first-order chi connectivity index (χ1) is 11.8. The summed E-state index contributed by atoms with van der Waals surface area (Å²) in [6.07, 6.45) is 3.23. The van der Waals surface area contributed by atoms with Crippen LogP contribution in [0.4, 0.5) is 0 Å². The number of hydrogen-bond donors (Lipinski definition) is 1.